The lowest BCUT2D eigenvalue weighted by atomic mass is 10.3. The van der Waals surface area contributed by atoms with E-state index in [0.29, 0.717) is 11.8 Å². The Morgan fingerprint density at radius 2 is 2.11 bits per heavy atom. The minimum atomic E-state index is -0.458. The van der Waals surface area contributed by atoms with E-state index in [-0.39, 0.29) is 5.69 Å². The number of nitro groups is 1. The van der Waals surface area contributed by atoms with Crippen LogP contribution in [0.1, 0.15) is 0 Å². The molecule has 1 aromatic rings. The predicted molar refractivity (Wildman–Crippen MR) is 67.4 cm³/mol. The number of nitro benzene ring substituents is 1. The summed E-state index contributed by atoms with van der Waals surface area (Å²) in [5.41, 5.74) is 2.73. The van der Waals surface area contributed by atoms with Gasteiger partial charge in [-0.25, -0.2) is 5.53 Å². The molecule has 96 valence electrons. The summed E-state index contributed by atoms with van der Waals surface area (Å²) in [6, 6.07) is 6.17. The van der Waals surface area contributed by atoms with Crippen LogP contribution in [-0.2, 0) is 0 Å². The van der Waals surface area contributed by atoms with Gasteiger partial charge < -0.3 is 4.74 Å². The van der Waals surface area contributed by atoms with Gasteiger partial charge in [0.25, 0.3) is 5.69 Å². The van der Waals surface area contributed by atoms with Gasteiger partial charge in [-0.05, 0) is 24.1 Å². The molecule has 0 spiro atoms. The average Bonchev–Trinajstić information content (AvgIpc) is 2.70. The Morgan fingerprint density at radius 3 is 2.67 bits per heavy atom. The quantitative estimate of drug-likeness (QED) is 0.501. The number of nitrogens with one attached hydrogen (secondary N) is 1. The summed E-state index contributed by atoms with van der Waals surface area (Å²) in [5.74, 6) is 0.482. The maximum atomic E-state index is 10.5. The van der Waals surface area contributed by atoms with E-state index >= 15 is 0 Å². The van der Waals surface area contributed by atoms with E-state index < -0.39 is 4.92 Å². The van der Waals surface area contributed by atoms with Crippen LogP contribution in [-0.4, -0.2) is 33.8 Å². The first-order valence-corrected chi connectivity index (χ1v) is 6.13. The zero-order chi connectivity index (χ0) is 13.1. The Morgan fingerprint density at radius 1 is 1.44 bits per heavy atom. The van der Waals surface area contributed by atoms with E-state index in [4.69, 9.17) is 4.74 Å². The third-order valence-corrected chi connectivity index (χ3v) is 2.90. The SMILES string of the molecule is CSN1C(Oc2ccc([N+](=O)[O-])cc2)=NNN1C. The molecule has 0 aromatic heterocycles. The Labute approximate surface area is 107 Å². The van der Waals surface area contributed by atoms with Crippen LogP contribution in [0, 0.1) is 10.1 Å². The smallest absolute Gasteiger partial charge is 0.343 e. The van der Waals surface area contributed by atoms with Crippen molar-refractivity contribution in [2.75, 3.05) is 13.3 Å². The van der Waals surface area contributed by atoms with E-state index in [2.05, 4.69) is 10.6 Å². The van der Waals surface area contributed by atoms with Gasteiger partial charge in [-0.1, -0.05) is 0 Å². The molecule has 1 aliphatic rings. The number of hydrazone groups is 1. The zero-order valence-electron chi connectivity index (χ0n) is 9.73. The second kappa shape index (κ2) is 5.10. The minimum absolute atomic E-state index is 0.0210. The van der Waals surface area contributed by atoms with Crippen LogP contribution in [0.4, 0.5) is 5.69 Å². The number of benzene rings is 1. The Balaban J connectivity index is 2.08. The molecule has 2 rings (SSSR count). The highest BCUT2D eigenvalue weighted by molar-refractivity contribution is 7.96. The Bertz CT molecular complexity index is 478. The Kier molecular flexibility index (Phi) is 3.53. The predicted octanol–water partition coefficient (Wildman–Crippen LogP) is 1.19. The van der Waals surface area contributed by atoms with E-state index in [1.807, 2.05) is 6.26 Å². The standard InChI is InChI=1S/C9H11N5O3S/c1-12-11-10-9(13(12)18-2)17-8-5-3-7(4-6-8)14(15)16/h3-6,11H,1-2H3. The van der Waals surface area contributed by atoms with Crippen LogP contribution in [0.5, 0.6) is 5.75 Å². The van der Waals surface area contributed by atoms with Crippen molar-refractivity contribution in [3.8, 4) is 5.75 Å². The van der Waals surface area contributed by atoms with Crippen LogP contribution >= 0.6 is 11.9 Å². The molecule has 18 heavy (non-hydrogen) atoms. The van der Waals surface area contributed by atoms with E-state index in [1.165, 1.54) is 36.2 Å². The van der Waals surface area contributed by atoms with Crippen LogP contribution < -0.4 is 10.3 Å². The molecule has 0 saturated heterocycles. The molecule has 9 heteroatoms. The van der Waals surface area contributed by atoms with E-state index in [1.54, 1.807) is 16.6 Å². The molecular weight excluding hydrogens is 258 g/mol. The van der Waals surface area contributed by atoms with Gasteiger partial charge in [-0.15, -0.1) is 10.2 Å². The first kappa shape index (κ1) is 12.5. The fourth-order valence-electron chi connectivity index (χ4n) is 1.33. The molecule has 1 aliphatic heterocycles. The average molecular weight is 269 g/mol. The number of hydrogen-bond acceptors (Lipinski definition) is 8. The molecule has 1 heterocycles. The van der Waals surface area contributed by atoms with Gasteiger partial charge in [0.15, 0.2) is 0 Å². The van der Waals surface area contributed by atoms with Crippen LogP contribution in [0.3, 0.4) is 0 Å². The Hall–Kier alpha value is -2.00. The molecule has 0 saturated carbocycles. The highest BCUT2D eigenvalue weighted by Gasteiger charge is 2.24. The molecule has 1 aromatic carbocycles. The van der Waals surface area contributed by atoms with Crippen LogP contribution in [0.2, 0.25) is 0 Å². The molecule has 0 fully saturated rings. The van der Waals surface area contributed by atoms with Gasteiger partial charge in [0.05, 0.1) is 4.92 Å². The highest BCUT2D eigenvalue weighted by Crippen LogP contribution is 2.20. The second-order valence-electron chi connectivity index (χ2n) is 3.33. The van der Waals surface area contributed by atoms with E-state index in [0.717, 1.165) is 0 Å². The van der Waals surface area contributed by atoms with Crippen molar-refractivity contribution >= 4 is 23.7 Å². The van der Waals surface area contributed by atoms with Crippen molar-refractivity contribution in [1.29, 1.82) is 0 Å². The lowest BCUT2D eigenvalue weighted by molar-refractivity contribution is -0.384. The minimum Gasteiger partial charge on any atom is -0.423 e. The zero-order valence-corrected chi connectivity index (χ0v) is 10.5. The first-order chi connectivity index (χ1) is 8.61. The van der Waals surface area contributed by atoms with Crippen LogP contribution in [0.15, 0.2) is 29.4 Å². The molecule has 0 radical (unpaired) electrons. The third kappa shape index (κ3) is 2.46. The number of amidine groups is 1. The number of non-ortho nitro benzene ring substituents is 1. The third-order valence-electron chi connectivity index (χ3n) is 2.16. The topological polar surface area (TPSA) is 83.2 Å². The number of nitrogens with zero attached hydrogens (tertiary/aromatic N) is 4. The maximum absolute atomic E-state index is 10.5. The second-order valence-corrected chi connectivity index (χ2v) is 4.04. The molecule has 1 N–H and O–H groups in total. The lowest BCUT2D eigenvalue weighted by Crippen LogP contribution is -2.39. The summed E-state index contributed by atoms with van der Waals surface area (Å²) >= 11 is 1.41. The van der Waals surface area contributed by atoms with Crippen molar-refractivity contribution in [2.45, 2.75) is 0 Å². The van der Waals surface area contributed by atoms with Crippen molar-refractivity contribution in [3.05, 3.63) is 34.4 Å². The molecule has 8 nitrogen and oxygen atoms in total. The van der Waals surface area contributed by atoms with Gasteiger partial charge in [0, 0.05) is 25.4 Å². The fraction of sp³-hybridized carbons (Fsp3) is 0.222. The summed E-state index contributed by atoms with van der Waals surface area (Å²) in [6.45, 7) is 0. The molecule has 0 aliphatic carbocycles. The summed E-state index contributed by atoms with van der Waals surface area (Å²) in [7, 11) is 1.78. The normalized spacial score (nSPS) is 15.2. The van der Waals surface area contributed by atoms with Gasteiger partial charge in [-0.2, -0.15) is 4.41 Å². The van der Waals surface area contributed by atoms with E-state index in [9.17, 15) is 10.1 Å². The summed E-state index contributed by atoms with van der Waals surface area (Å²) in [6.07, 6.45) is 1.87. The number of ether oxygens (including phenoxy) is 1. The summed E-state index contributed by atoms with van der Waals surface area (Å²) in [4.78, 5) is 10.1. The van der Waals surface area contributed by atoms with Gasteiger partial charge in [-0.3, -0.25) is 10.1 Å². The molecule has 0 unspecified atom stereocenters. The highest BCUT2D eigenvalue weighted by atomic mass is 32.2. The van der Waals surface area contributed by atoms with Crippen molar-refractivity contribution in [3.63, 3.8) is 0 Å². The summed E-state index contributed by atoms with van der Waals surface area (Å²) < 4.78 is 7.21. The molecule has 0 bridgehead atoms. The van der Waals surface area contributed by atoms with Crippen molar-refractivity contribution in [1.82, 2.24) is 15.1 Å². The van der Waals surface area contributed by atoms with Gasteiger partial charge in [0.1, 0.15) is 5.75 Å². The van der Waals surface area contributed by atoms with Crippen molar-refractivity contribution < 1.29 is 9.66 Å². The maximum Gasteiger partial charge on any atom is 0.343 e. The number of rotatable bonds is 3. The largest absolute Gasteiger partial charge is 0.423 e. The first-order valence-electron chi connectivity index (χ1n) is 4.95. The number of hydrogen-bond donors (Lipinski definition) is 1. The molecular formula is C9H11N5O3S. The fourth-order valence-corrected chi connectivity index (χ4v) is 1.85. The lowest BCUT2D eigenvalue weighted by Gasteiger charge is -2.21. The molecule has 0 atom stereocenters. The van der Waals surface area contributed by atoms with Gasteiger partial charge >= 0.3 is 6.02 Å². The van der Waals surface area contributed by atoms with Crippen LogP contribution in [0.25, 0.3) is 0 Å². The molecule has 0 amide bonds. The van der Waals surface area contributed by atoms with Gasteiger partial charge in [0.2, 0.25) is 0 Å². The number of hydrazine groups is 2. The monoisotopic (exact) mass is 269 g/mol. The van der Waals surface area contributed by atoms with Crippen molar-refractivity contribution in [2.24, 2.45) is 5.10 Å². The summed E-state index contributed by atoms with van der Waals surface area (Å²) in [5, 5.41) is 16.1.